The van der Waals surface area contributed by atoms with Gasteiger partial charge in [-0.2, -0.15) is 0 Å². The van der Waals surface area contributed by atoms with E-state index in [1.54, 1.807) is 37.3 Å². The minimum absolute atomic E-state index is 0.0214. The molecule has 430 valence electrons. The van der Waals surface area contributed by atoms with Crippen LogP contribution in [0.3, 0.4) is 0 Å². The SMILES string of the molecule is CCCCCCCCCCC(=O)N[C@@H](C)C(=O)N[C@H]1C[C@@H](C)Cc2cc3cc4c2O[C@H]2Nc5c6cccc5[C@@]42C[C@H](NC(=O)[C@H](C)NC(=O)CNC(=O)[C@@H](NC1=O)[C@@H]3O)C(=O)NCC(=O)NCC(=O)N[C@H](C(=O)O)[C@@](C)(CC)O6. The van der Waals surface area contributed by atoms with Gasteiger partial charge in [0.25, 0.3) is 0 Å². The van der Waals surface area contributed by atoms with E-state index in [-0.39, 0.29) is 60.8 Å². The molecule has 0 aliphatic carbocycles. The Bertz CT molecular complexity index is 2700. The van der Waals surface area contributed by atoms with Crippen molar-refractivity contribution in [3.8, 4) is 11.5 Å². The van der Waals surface area contributed by atoms with Crippen molar-refractivity contribution in [3.05, 3.63) is 52.6 Å². The maximum Gasteiger partial charge on any atom is 0.330 e. The average molecular weight is 1100 g/mol. The third kappa shape index (κ3) is 13.5. The van der Waals surface area contributed by atoms with Crippen LogP contribution in [0.15, 0.2) is 30.3 Å². The molecule has 79 heavy (non-hydrogen) atoms. The molecule has 2 aromatic rings. The van der Waals surface area contributed by atoms with Gasteiger partial charge in [0.05, 0.1) is 30.7 Å². The molecule has 7 rings (SSSR count). The highest BCUT2D eigenvalue weighted by molar-refractivity contribution is 5.97. The molecule has 24 heteroatoms. The number of aliphatic carboxylic acids is 1. The number of unbranched alkanes of at least 4 members (excludes halogenated alkanes) is 7. The molecule has 12 N–H and O–H groups in total. The lowest BCUT2D eigenvalue weighted by Gasteiger charge is -2.36. The van der Waals surface area contributed by atoms with Gasteiger partial charge in [0.15, 0.2) is 12.3 Å². The van der Waals surface area contributed by atoms with Crippen molar-refractivity contribution >= 4 is 64.8 Å². The summed E-state index contributed by atoms with van der Waals surface area (Å²) >= 11 is 0. The number of ether oxygens (including phenoxy) is 2. The Morgan fingerprint density at radius 1 is 0.772 bits per heavy atom. The molecule has 0 saturated heterocycles. The lowest BCUT2D eigenvalue weighted by molar-refractivity contribution is -0.148. The van der Waals surface area contributed by atoms with Crippen LogP contribution in [0.2, 0.25) is 0 Å². The zero-order chi connectivity index (χ0) is 57.3. The van der Waals surface area contributed by atoms with Crippen LogP contribution in [-0.2, 0) is 59.8 Å². The number of benzene rings is 2. The average Bonchev–Trinajstić information content (AvgIpc) is 3.30. The molecule has 5 aliphatic heterocycles. The van der Waals surface area contributed by atoms with Crippen molar-refractivity contribution in [2.24, 2.45) is 5.92 Å². The Kier molecular flexibility index (Phi) is 19.1. The van der Waals surface area contributed by atoms with Gasteiger partial charge < -0.3 is 72.9 Å². The Morgan fingerprint density at radius 2 is 1.44 bits per heavy atom. The summed E-state index contributed by atoms with van der Waals surface area (Å²) in [6, 6.07) is -0.573. The van der Waals surface area contributed by atoms with E-state index >= 15 is 0 Å². The second-order valence-corrected chi connectivity index (χ2v) is 21.8. The number of carboxylic acid groups (broad SMARTS) is 1. The van der Waals surface area contributed by atoms with Gasteiger partial charge in [-0.3, -0.25) is 43.2 Å². The monoisotopic (exact) mass is 1100 g/mol. The summed E-state index contributed by atoms with van der Waals surface area (Å²) in [6.07, 6.45) is 5.34. The molecule has 2 aromatic carbocycles. The van der Waals surface area contributed by atoms with Gasteiger partial charge in [-0.05, 0) is 93.7 Å². The molecular formula is C55H76N10O14. The Balaban J connectivity index is 1.32. The van der Waals surface area contributed by atoms with Gasteiger partial charge in [0, 0.05) is 12.0 Å². The first kappa shape index (κ1) is 59.2. The molecule has 0 radical (unpaired) electrons. The third-order valence-electron chi connectivity index (χ3n) is 15.7. The number of nitrogens with one attached hydrogen (secondary N) is 10. The van der Waals surface area contributed by atoms with Gasteiger partial charge in [0.2, 0.25) is 53.2 Å². The van der Waals surface area contributed by atoms with E-state index in [9.17, 15) is 58.2 Å². The number of aliphatic hydroxyl groups is 1. The van der Waals surface area contributed by atoms with E-state index in [1.165, 1.54) is 33.6 Å². The van der Waals surface area contributed by atoms with Crippen LogP contribution in [0.5, 0.6) is 11.5 Å². The largest absolute Gasteiger partial charge is 0.483 e. The first-order valence-corrected chi connectivity index (χ1v) is 27.5. The quantitative estimate of drug-likeness (QED) is 0.115. The summed E-state index contributed by atoms with van der Waals surface area (Å²) in [4.78, 5) is 137. The molecular weight excluding hydrogens is 1020 g/mol. The minimum Gasteiger partial charge on any atom is -0.483 e. The van der Waals surface area contributed by atoms with Crippen molar-refractivity contribution in [2.75, 3.05) is 25.0 Å². The number of rotatable bonds is 14. The lowest BCUT2D eigenvalue weighted by atomic mass is 9.70. The van der Waals surface area contributed by atoms with Crippen LogP contribution in [0, 0.1) is 5.92 Å². The number of aliphatic hydroxyl groups excluding tert-OH is 1. The van der Waals surface area contributed by atoms with Crippen LogP contribution < -0.4 is 62.6 Å². The third-order valence-corrected chi connectivity index (χ3v) is 15.7. The number of fused-ring (bicyclic) bond motifs is 4. The molecule has 0 aromatic heterocycles. The van der Waals surface area contributed by atoms with Gasteiger partial charge in [-0.15, -0.1) is 0 Å². The summed E-state index contributed by atoms with van der Waals surface area (Å²) in [6.45, 7) is 7.92. The molecule has 9 bridgehead atoms. The molecule has 1 spiro atoms. The Morgan fingerprint density at radius 3 is 2.15 bits per heavy atom. The summed E-state index contributed by atoms with van der Waals surface area (Å²) in [7, 11) is 0. The van der Waals surface area contributed by atoms with E-state index in [1.807, 2.05) is 6.92 Å². The number of hydrogen-bond acceptors (Lipinski definition) is 14. The highest BCUT2D eigenvalue weighted by atomic mass is 16.5. The number of para-hydroxylation sites is 1. The number of amides is 9. The molecule has 0 fully saturated rings. The Labute approximate surface area is 458 Å². The van der Waals surface area contributed by atoms with Crippen molar-refractivity contribution in [1.82, 2.24) is 47.9 Å². The normalized spacial score (nSPS) is 28.6. The fourth-order valence-corrected chi connectivity index (χ4v) is 11.1. The molecule has 5 heterocycles. The molecule has 0 unspecified atom stereocenters. The van der Waals surface area contributed by atoms with Crippen molar-refractivity contribution in [3.63, 3.8) is 0 Å². The van der Waals surface area contributed by atoms with E-state index < -0.39 is 138 Å². The zero-order valence-corrected chi connectivity index (χ0v) is 45.7. The smallest absolute Gasteiger partial charge is 0.330 e. The summed E-state index contributed by atoms with van der Waals surface area (Å²) in [5.41, 5.74) is -1.56. The lowest BCUT2D eigenvalue weighted by Crippen LogP contribution is -2.59. The van der Waals surface area contributed by atoms with Crippen molar-refractivity contribution in [2.45, 2.75) is 185 Å². The van der Waals surface area contributed by atoms with Gasteiger partial charge in [-0.25, -0.2) is 4.79 Å². The fraction of sp³-hybridized carbons (Fsp3) is 0.600. The number of carboxylic acids is 1. The van der Waals surface area contributed by atoms with Crippen LogP contribution in [-0.4, -0.2) is 137 Å². The molecule has 9 amide bonds. The van der Waals surface area contributed by atoms with Gasteiger partial charge >= 0.3 is 5.97 Å². The highest BCUT2D eigenvalue weighted by Crippen LogP contribution is 2.60. The van der Waals surface area contributed by atoms with Crippen LogP contribution >= 0.6 is 0 Å². The topological polar surface area (TPSA) is 350 Å². The summed E-state index contributed by atoms with van der Waals surface area (Å²) in [5, 5.41) is 49.6. The standard InChI is InChI=1S/C55H76N10O14/c1-7-9-10-11-12-13-14-15-19-38(66)59-29(4)47(71)61-35-21-28(3)20-32-22-31-23-34-45(32)78-53-55(34)24-36(62-48(72)30(5)60-40(68)27-58-51(75)43(44(31)70)64-50(35)74)49(73)57-25-39(67)56-26-41(69)63-46(52(76)77)54(6,8-2)79-37-18-16-17-33(55)42(37)65-53/h16-18,22-23,28-30,35-36,43-44,46,53,65,70H,7-15,19-21,24-27H2,1-6H3,(H,56,67)(H,57,73)(H,58,75)(H,59,66)(H,60,68)(H,61,71)(H,62,72)(H,63,69)(H,64,74)(H,76,77)/t28-,29-,30-,35-,36-,43-,44+,46+,53+,54+,55-/m0/s1. The zero-order valence-electron chi connectivity index (χ0n) is 45.7. The summed E-state index contributed by atoms with van der Waals surface area (Å²) < 4.78 is 13.6. The molecule has 11 atom stereocenters. The maximum atomic E-state index is 14.6. The van der Waals surface area contributed by atoms with Crippen molar-refractivity contribution < 1.29 is 67.6 Å². The first-order valence-electron chi connectivity index (χ1n) is 27.5. The predicted octanol–water partition coefficient (Wildman–Crippen LogP) is 0.610. The second kappa shape index (κ2) is 25.5. The summed E-state index contributed by atoms with van der Waals surface area (Å²) in [5.74, 6) is -8.58. The van der Waals surface area contributed by atoms with E-state index in [0.717, 1.165) is 32.1 Å². The van der Waals surface area contributed by atoms with Gasteiger partial charge in [0.1, 0.15) is 53.4 Å². The molecule has 24 nitrogen and oxygen atoms in total. The maximum absolute atomic E-state index is 14.6. The first-order chi connectivity index (χ1) is 37.6. The number of carbonyl (C=O) groups excluding carboxylic acids is 9. The number of carbonyl (C=O) groups is 10. The van der Waals surface area contributed by atoms with Gasteiger partial charge in [-0.1, -0.05) is 77.8 Å². The van der Waals surface area contributed by atoms with Crippen LogP contribution in [0.25, 0.3) is 0 Å². The van der Waals surface area contributed by atoms with E-state index in [0.29, 0.717) is 23.1 Å². The van der Waals surface area contributed by atoms with E-state index in [4.69, 9.17) is 9.47 Å². The minimum atomic E-state index is -1.86. The number of anilines is 1. The van der Waals surface area contributed by atoms with Crippen molar-refractivity contribution in [1.29, 1.82) is 0 Å². The second-order valence-electron chi connectivity index (χ2n) is 21.8. The number of hydrogen-bond donors (Lipinski definition) is 12. The predicted molar refractivity (Wildman–Crippen MR) is 285 cm³/mol. The van der Waals surface area contributed by atoms with E-state index in [2.05, 4.69) is 60.1 Å². The molecule has 5 aliphatic rings. The highest BCUT2D eigenvalue weighted by Gasteiger charge is 2.59. The molecule has 0 saturated carbocycles. The van der Waals surface area contributed by atoms with Crippen LogP contribution in [0.4, 0.5) is 5.69 Å². The van der Waals surface area contributed by atoms with Crippen LogP contribution in [0.1, 0.15) is 147 Å². The Hall–Kier alpha value is -7.50. The fourth-order valence-electron chi connectivity index (χ4n) is 11.1.